The Labute approximate surface area is 140 Å². The summed E-state index contributed by atoms with van der Waals surface area (Å²) in [5.41, 5.74) is -0.00263. The molecule has 1 aliphatic rings. The summed E-state index contributed by atoms with van der Waals surface area (Å²) < 4.78 is 0. The topological polar surface area (TPSA) is 82.5 Å². The van der Waals surface area contributed by atoms with Gasteiger partial charge in [0, 0.05) is 30.1 Å². The zero-order valence-electron chi connectivity index (χ0n) is 13.8. The first-order valence-corrected chi connectivity index (χ1v) is 8.14. The van der Waals surface area contributed by atoms with Crippen molar-refractivity contribution in [1.29, 1.82) is 0 Å². The van der Waals surface area contributed by atoms with Gasteiger partial charge in [0.2, 0.25) is 5.91 Å². The molecule has 24 heavy (non-hydrogen) atoms. The number of carbonyl (C=O) groups is 2. The highest BCUT2D eigenvalue weighted by Crippen LogP contribution is 2.28. The Balaban J connectivity index is 1.97. The molecule has 6 nitrogen and oxygen atoms in total. The van der Waals surface area contributed by atoms with Crippen molar-refractivity contribution in [2.45, 2.75) is 26.3 Å². The summed E-state index contributed by atoms with van der Waals surface area (Å²) in [6, 6.07) is 6.69. The van der Waals surface area contributed by atoms with Crippen molar-refractivity contribution in [1.82, 2.24) is 15.2 Å². The maximum absolute atomic E-state index is 12.9. The minimum Gasteiger partial charge on any atom is -0.505 e. The van der Waals surface area contributed by atoms with Gasteiger partial charge in [-0.1, -0.05) is 38.1 Å². The third-order valence-electron chi connectivity index (χ3n) is 4.26. The number of aromatic hydroxyl groups is 1. The maximum atomic E-state index is 12.9. The maximum Gasteiger partial charge on any atom is 0.277 e. The number of aromatic nitrogens is 1. The molecule has 6 heteroatoms. The molecule has 2 N–H and O–H groups in total. The highest BCUT2D eigenvalue weighted by molar-refractivity contribution is 6.03. The van der Waals surface area contributed by atoms with Crippen LogP contribution in [0.15, 0.2) is 30.5 Å². The molecule has 1 aromatic carbocycles. The molecule has 2 amide bonds. The molecule has 1 fully saturated rings. The SMILES string of the molecule is CC(C)CC1C(=O)NCCN1C(=O)c1ncc2ccccc2c1O. The average Bonchev–Trinajstić information content (AvgIpc) is 2.56. The summed E-state index contributed by atoms with van der Waals surface area (Å²) in [5.74, 6) is -0.415. The van der Waals surface area contributed by atoms with Gasteiger partial charge in [-0.25, -0.2) is 4.98 Å². The number of benzene rings is 1. The fourth-order valence-corrected chi connectivity index (χ4v) is 3.08. The highest BCUT2D eigenvalue weighted by atomic mass is 16.3. The van der Waals surface area contributed by atoms with E-state index in [4.69, 9.17) is 0 Å². The van der Waals surface area contributed by atoms with Gasteiger partial charge in [-0.15, -0.1) is 0 Å². The van der Waals surface area contributed by atoms with E-state index in [1.807, 2.05) is 26.0 Å². The fraction of sp³-hybridized carbons (Fsp3) is 0.389. The van der Waals surface area contributed by atoms with Crippen LogP contribution >= 0.6 is 0 Å². The molecular formula is C18H21N3O3. The molecular weight excluding hydrogens is 306 g/mol. The van der Waals surface area contributed by atoms with Gasteiger partial charge in [-0.2, -0.15) is 0 Å². The molecule has 2 aromatic rings. The van der Waals surface area contributed by atoms with E-state index in [1.165, 1.54) is 4.90 Å². The molecule has 0 saturated carbocycles. The van der Waals surface area contributed by atoms with E-state index >= 15 is 0 Å². The average molecular weight is 327 g/mol. The lowest BCUT2D eigenvalue weighted by atomic mass is 9.99. The molecule has 2 heterocycles. The molecule has 1 aliphatic heterocycles. The van der Waals surface area contributed by atoms with E-state index in [0.717, 1.165) is 5.39 Å². The van der Waals surface area contributed by atoms with E-state index in [1.54, 1.807) is 18.3 Å². The van der Waals surface area contributed by atoms with E-state index in [2.05, 4.69) is 10.3 Å². The summed E-state index contributed by atoms with van der Waals surface area (Å²) in [6.45, 7) is 4.84. The quantitative estimate of drug-likeness (QED) is 0.902. The normalized spacial score (nSPS) is 18.0. The molecule has 1 saturated heterocycles. The number of rotatable bonds is 3. The van der Waals surface area contributed by atoms with Crippen LogP contribution in [0.1, 0.15) is 30.8 Å². The second kappa shape index (κ2) is 6.47. The lowest BCUT2D eigenvalue weighted by Gasteiger charge is -2.35. The molecule has 1 unspecified atom stereocenters. The van der Waals surface area contributed by atoms with E-state index in [9.17, 15) is 14.7 Å². The number of amides is 2. The Morgan fingerprint density at radius 2 is 2.17 bits per heavy atom. The Kier molecular flexibility index (Phi) is 4.38. The van der Waals surface area contributed by atoms with Crippen LogP contribution in [-0.2, 0) is 4.79 Å². The van der Waals surface area contributed by atoms with Gasteiger partial charge < -0.3 is 15.3 Å². The standard InChI is InChI=1S/C18H21N3O3/c1-11(2)9-14-17(23)19-7-8-21(14)18(24)15-16(22)13-6-4-3-5-12(13)10-20-15/h3-6,10-11,14,22H,7-9H2,1-2H3,(H,19,23). The minimum atomic E-state index is -0.529. The van der Waals surface area contributed by atoms with E-state index in [-0.39, 0.29) is 23.3 Å². The number of nitrogens with one attached hydrogen (secondary N) is 1. The van der Waals surface area contributed by atoms with Gasteiger partial charge in [0.15, 0.2) is 11.4 Å². The number of hydrogen-bond donors (Lipinski definition) is 2. The second-order valence-corrected chi connectivity index (χ2v) is 6.48. The van der Waals surface area contributed by atoms with Crippen molar-refractivity contribution in [3.05, 3.63) is 36.2 Å². The fourth-order valence-electron chi connectivity index (χ4n) is 3.08. The lowest BCUT2D eigenvalue weighted by Crippen LogP contribution is -2.57. The van der Waals surface area contributed by atoms with Gasteiger partial charge in [-0.05, 0) is 12.3 Å². The molecule has 0 spiro atoms. The Morgan fingerprint density at radius 3 is 2.92 bits per heavy atom. The Bertz CT molecular complexity index is 788. The van der Waals surface area contributed by atoms with Crippen LogP contribution in [0.4, 0.5) is 0 Å². The zero-order chi connectivity index (χ0) is 17.3. The third kappa shape index (κ3) is 2.91. The molecule has 0 aliphatic carbocycles. The van der Waals surface area contributed by atoms with Crippen molar-refractivity contribution in [3.8, 4) is 5.75 Å². The van der Waals surface area contributed by atoms with Crippen LogP contribution in [0, 0.1) is 5.92 Å². The summed E-state index contributed by atoms with van der Waals surface area (Å²) in [4.78, 5) is 30.8. The molecule has 0 radical (unpaired) electrons. The summed E-state index contributed by atoms with van der Waals surface area (Å²) in [7, 11) is 0. The molecule has 0 bridgehead atoms. The Morgan fingerprint density at radius 1 is 1.42 bits per heavy atom. The van der Waals surface area contributed by atoms with Crippen LogP contribution in [0.3, 0.4) is 0 Å². The third-order valence-corrected chi connectivity index (χ3v) is 4.26. The van der Waals surface area contributed by atoms with Crippen LogP contribution in [-0.4, -0.2) is 45.9 Å². The van der Waals surface area contributed by atoms with Crippen molar-refractivity contribution >= 4 is 22.6 Å². The van der Waals surface area contributed by atoms with Crippen LogP contribution in [0.5, 0.6) is 5.75 Å². The first-order valence-electron chi connectivity index (χ1n) is 8.14. The van der Waals surface area contributed by atoms with Crippen LogP contribution < -0.4 is 5.32 Å². The number of pyridine rings is 1. The highest BCUT2D eigenvalue weighted by Gasteiger charge is 2.35. The summed E-state index contributed by atoms with van der Waals surface area (Å²) >= 11 is 0. The van der Waals surface area contributed by atoms with Crippen LogP contribution in [0.25, 0.3) is 10.8 Å². The first kappa shape index (κ1) is 16.2. The van der Waals surface area contributed by atoms with Gasteiger partial charge >= 0.3 is 0 Å². The minimum absolute atomic E-state index is 0.00263. The number of nitrogens with zero attached hydrogens (tertiary/aromatic N) is 2. The van der Waals surface area contributed by atoms with E-state index < -0.39 is 11.9 Å². The second-order valence-electron chi connectivity index (χ2n) is 6.48. The summed E-state index contributed by atoms with van der Waals surface area (Å²) in [6.07, 6.45) is 2.15. The number of carbonyl (C=O) groups excluding carboxylic acids is 2. The molecule has 3 rings (SSSR count). The predicted molar refractivity (Wildman–Crippen MR) is 90.7 cm³/mol. The van der Waals surface area contributed by atoms with Crippen molar-refractivity contribution < 1.29 is 14.7 Å². The van der Waals surface area contributed by atoms with Gasteiger partial charge in [0.1, 0.15) is 6.04 Å². The smallest absolute Gasteiger partial charge is 0.277 e. The largest absolute Gasteiger partial charge is 0.505 e. The zero-order valence-corrected chi connectivity index (χ0v) is 13.8. The van der Waals surface area contributed by atoms with Crippen molar-refractivity contribution in [3.63, 3.8) is 0 Å². The van der Waals surface area contributed by atoms with Gasteiger partial charge in [-0.3, -0.25) is 9.59 Å². The number of fused-ring (bicyclic) bond motifs is 1. The van der Waals surface area contributed by atoms with Crippen molar-refractivity contribution in [2.75, 3.05) is 13.1 Å². The monoisotopic (exact) mass is 327 g/mol. The molecule has 126 valence electrons. The van der Waals surface area contributed by atoms with Gasteiger partial charge in [0.05, 0.1) is 0 Å². The number of hydrogen-bond acceptors (Lipinski definition) is 4. The first-order chi connectivity index (χ1) is 11.5. The number of piperazine rings is 1. The predicted octanol–water partition coefficient (Wildman–Crippen LogP) is 1.93. The Hall–Kier alpha value is -2.63. The van der Waals surface area contributed by atoms with E-state index in [0.29, 0.717) is 24.9 Å². The lowest BCUT2D eigenvalue weighted by molar-refractivity contribution is -0.128. The summed E-state index contributed by atoms with van der Waals surface area (Å²) in [5, 5.41) is 14.6. The molecule has 1 atom stereocenters. The van der Waals surface area contributed by atoms with Crippen LogP contribution in [0.2, 0.25) is 0 Å². The van der Waals surface area contributed by atoms with Gasteiger partial charge in [0.25, 0.3) is 5.91 Å². The molecule has 1 aromatic heterocycles. The van der Waals surface area contributed by atoms with Crippen molar-refractivity contribution in [2.24, 2.45) is 5.92 Å².